The van der Waals surface area contributed by atoms with Gasteiger partial charge in [-0.3, -0.25) is 0 Å². The summed E-state index contributed by atoms with van der Waals surface area (Å²) in [5.74, 6) is 0.928. The second-order valence-electron chi connectivity index (χ2n) is 10.6. The second kappa shape index (κ2) is 11.8. The Kier molecular flexibility index (Phi) is 8.08. The molecular weight excluding hydrogens is 502 g/mol. The van der Waals surface area contributed by atoms with Crippen LogP contribution in [0.3, 0.4) is 0 Å². The molecule has 0 aromatic heterocycles. The Labute approximate surface area is 235 Å². The van der Waals surface area contributed by atoms with E-state index >= 15 is 0 Å². The maximum Gasteiger partial charge on any atom is 0.338 e. The molecule has 206 valence electrons. The molecule has 1 aliphatic heterocycles. The number of benzene rings is 4. The lowest BCUT2D eigenvalue weighted by Gasteiger charge is -2.43. The van der Waals surface area contributed by atoms with Gasteiger partial charge < -0.3 is 24.3 Å². The molecule has 0 spiro atoms. The molecule has 5 rings (SSSR count). The molecule has 1 aliphatic rings. The number of anilines is 1. The van der Waals surface area contributed by atoms with Crippen LogP contribution in [0.4, 0.5) is 5.69 Å². The van der Waals surface area contributed by atoms with Gasteiger partial charge in [0.05, 0.1) is 19.3 Å². The molecule has 4 aromatic carbocycles. The van der Waals surface area contributed by atoms with Crippen LogP contribution in [0.2, 0.25) is 0 Å². The summed E-state index contributed by atoms with van der Waals surface area (Å²) in [6.07, 6.45) is -1.26. The number of rotatable bonds is 9. The van der Waals surface area contributed by atoms with E-state index in [0.717, 1.165) is 16.8 Å². The summed E-state index contributed by atoms with van der Waals surface area (Å²) in [5, 5.41) is 3.51. The lowest BCUT2D eigenvalue weighted by atomic mass is 9.87. The first-order chi connectivity index (χ1) is 19.3. The van der Waals surface area contributed by atoms with Crippen molar-refractivity contribution < 1.29 is 23.7 Å². The average Bonchev–Trinajstić information content (AvgIpc) is 2.97. The molecule has 0 saturated carbocycles. The van der Waals surface area contributed by atoms with Crippen LogP contribution in [0.1, 0.15) is 52.6 Å². The van der Waals surface area contributed by atoms with Gasteiger partial charge in [0, 0.05) is 17.8 Å². The molecule has 0 saturated heterocycles. The van der Waals surface area contributed by atoms with Gasteiger partial charge in [-0.25, -0.2) is 4.79 Å². The number of hydrogen-bond donors (Lipinski definition) is 1. The minimum atomic E-state index is -0.840. The van der Waals surface area contributed by atoms with Crippen LogP contribution >= 0.6 is 0 Å². The van der Waals surface area contributed by atoms with Crippen LogP contribution in [0.25, 0.3) is 0 Å². The third-order valence-electron chi connectivity index (χ3n) is 7.10. The molecule has 6 heteroatoms. The molecule has 40 heavy (non-hydrogen) atoms. The van der Waals surface area contributed by atoms with Gasteiger partial charge in [-0.05, 0) is 74.4 Å². The Morgan fingerprint density at radius 1 is 0.900 bits per heavy atom. The zero-order valence-electron chi connectivity index (χ0n) is 23.3. The first kappa shape index (κ1) is 27.3. The maximum absolute atomic E-state index is 13.3. The zero-order valence-corrected chi connectivity index (χ0v) is 23.3. The largest absolute Gasteiger partial charge is 0.497 e. The first-order valence-electron chi connectivity index (χ1n) is 13.5. The van der Waals surface area contributed by atoms with Gasteiger partial charge in [-0.15, -0.1) is 0 Å². The third-order valence-corrected chi connectivity index (χ3v) is 7.10. The van der Waals surface area contributed by atoms with E-state index in [1.54, 1.807) is 31.4 Å². The Bertz CT molecular complexity index is 1430. The molecule has 0 radical (unpaired) electrons. The van der Waals surface area contributed by atoms with Crippen LogP contribution in [-0.4, -0.2) is 24.8 Å². The predicted octanol–water partition coefficient (Wildman–Crippen LogP) is 7.27. The number of ether oxygens (including phenoxy) is 4. The van der Waals surface area contributed by atoms with Gasteiger partial charge in [-0.2, -0.15) is 0 Å². The zero-order chi connectivity index (χ0) is 28.1. The highest BCUT2D eigenvalue weighted by atomic mass is 16.6. The number of carbonyl (C=O) groups is 1. The summed E-state index contributed by atoms with van der Waals surface area (Å²) in [7, 11) is 1.59. The average molecular weight is 538 g/mol. The third kappa shape index (κ3) is 6.29. The number of hydrogen-bond acceptors (Lipinski definition) is 6. The van der Waals surface area contributed by atoms with E-state index in [1.807, 2.05) is 62.4 Å². The highest BCUT2D eigenvalue weighted by molar-refractivity contribution is 5.89. The van der Waals surface area contributed by atoms with Crippen LogP contribution in [0.5, 0.6) is 11.5 Å². The summed E-state index contributed by atoms with van der Waals surface area (Å²) in [6, 6.07) is 31.3. The fraction of sp³-hybridized carbons (Fsp3) is 0.265. The monoisotopic (exact) mass is 537 g/mol. The van der Waals surface area contributed by atoms with E-state index in [2.05, 4.69) is 36.5 Å². The molecule has 4 aromatic rings. The van der Waals surface area contributed by atoms with Crippen molar-refractivity contribution in [3.8, 4) is 11.5 Å². The van der Waals surface area contributed by atoms with E-state index in [4.69, 9.17) is 18.9 Å². The Morgan fingerprint density at radius 3 is 2.33 bits per heavy atom. The van der Waals surface area contributed by atoms with Crippen LogP contribution in [0.15, 0.2) is 97.1 Å². The molecule has 2 unspecified atom stereocenters. The van der Waals surface area contributed by atoms with Crippen LogP contribution in [0, 0.1) is 6.92 Å². The number of aryl methyl sites for hydroxylation is 1. The van der Waals surface area contributed by atoms with Crippen molar-refractivity contribution in [3.63, 3.8) is 0 Å². The minimum absolute atomic E-state index is 0.360. The highest BCUT2D eigenvalue weighted by Crippen LogP contribution is 2.45. The van der Waals surface area contributed by atoms with Crippen LogP contribution < -0.4 is 14.8 Å². The standard InChI is InChI=1S/C34H35NO5/c1-23-10-12-24(13-11-23)21-35-27-16-19-30-29(20-27)31(38-22-25-8-6-5-7-9-25)32(34(2,3)40-30)39-33(36)26-14-17-28(37-4)18-15-26/h5-20,31-32,35H,21-22H2,1-4H3. The number of carbonyl (C=O) groups excluding carboxylic acids is 1. The quantitative estimate of drug-likeness (QED) is 0.227. The molecule has 0 amide bonds. The second-order valence-corrected chi connectivity index (χ2v) is 10.6. The lowest BCUT2D eigenvalue weighted by molar-refractivity contribution is -0.143. The number of methoxy groups -OCH3 is 1. The molecule has 2 atom stereocenters. The smallest absolute Gasteiger partial charge is 0.338 e. The van der Waals surface area contributed by atoms with Crippen molar-refractivity contribution in [2.75, 3.05) is 12.4 Å². The first-order valence-corrected chi connectivity index (χ1v) is 13.5. The summed E-state index contributed by atoms with van der Waals surface area (Å²) in [5.41, 5.74) is 4.79. The van der Waals surface area contributed by atoms with E-state index in [0.29, 0.717) is 30.2 Å². The molecule has 1 heterocycles. The molecule has 0 aliphatic carbocycles. The highest BCUT2D eigenvalue weighted by Gasteiger charge is 2.47. The Morgan fingerprint density at radius 2 is 1.62 bits per heavy atom. The van der Waals surface area contributed by atoms with E-state index in [-0.39, 0.29) is 0 Å². The lowest BCUT2D eigenvalue weighted by Crippen LogP contribution is -2.51. The maximum atomic E-state index is 13.3. The Balaban J connectivity index is 1.43. The fourth-order valence-electron chi connectivity index (χ4n) is 4.80. The fourth-order valence-corrected chi connectivity index (χ4v) is 4.80. The number of esters is 1. The number of fused-ring (bicyclic) bond motifs is 1. The molecule has 0 bridgehead atoms. The van der Waals surface area contributed by atoms with Gasteiger partial charge in [0.15, 0.2) is 6.10 Å². The van der Waals surface area contributed by atoms with Gasteiger partial charge in [0.25, 0.3) is 0 Å². The molecular formula is C34H35NO5. The summed E-state index contributed by atoms with van der Waals surface area (Å²) in [6.45, 7) is 6.96. The van der Waals surface area contributed by atoms with Gasteiger partial charge in [-0.1, -0.05) is 60.2 Å². The molecule has 6 nitrogen and oxygen atoms in total. The van der Waals surface area contributed by atoms with Gasteiger partial charge in [0.2, 0.25) is 0 Å². The normalized spacial score (nSPS) is 17.3. The minimum Gasteiger partial charge on any atom is -0.497 e. The molecule has 0 fully saturated rings. The summed E-state index contributed by atoms with van der Waals surface area (Å²) in [4.78, 5) is 13.3. The van der Waals surface area contributed by atoms with E-state index in [9.17, 15) is 4.79 Å². The van der Waals surface area contributed by atoms with Crippen molar-refractivity contribution in [2.24, 2.45) is 0 Å². The van der Waals surface area contributed by atoms with Crippen LogP contribution in [-0.2, 0) is 22.6 Å². The topological polar surface area (TPSA) is 66.0 Å². The SMILES string of the molecule is COc1ccc(C(=O)OC2C(OCc3ccccc3)c3cc(NCc4ccc(C)cc4)ccc3OC2(C)C)cc1. The molecule has 1 N–H and O–H groups in total. The van der Waals surface area contributed by atoms with Crippen molar-refractivity contribution >= 4 is 11.7 Å². The van der Waals surface area contributed by atoms with Crippen molar-refractivity contribution in [2.45, 2.75) is 51.7 Å². The van der Waals surface area contributed by atoms with Gasteiger partial charge in [0.1, 0.15) is 23.2 Å². The van der Waals surface area contributed by atoms with Crippen molar-refractivity contribution in [1.82, 2.24) is 0 Å². The van der Waals surface area contributed by atoms with Gasteiger partial charge >= 0.3 is 5.97 Å². The Hall–Kier alpha value is -4.29. The van der Waals surface area contributed by atoms with E-state index < -0.39 is 23.8 Å². The van der Waals surface area contributed by atoms with E-state index in [1.165, 1.54) is 11.1 Å². The number of nitrogens with one attached hydrogen (secondary N) is 1. The summed E-state index contributed by atoms with van der Waals surface area (Å²) < 4.78 is 24.3. The summed E-state index contributed by atoms with van der Waals surface area (Å²) >= 11 is 0. The predicted molar refractivity (Wildman–Crippen MR) is 156 cm³/mol. The van der Waals surface area contributed by atoms with Crippen molar-refractivity contribution in [3.05, 3.63) is 125 Å². The van der Waals surface area contributed by atoms with Crippen molar-refractivity contribution in [1.29, 1.82) is 0 Å².